The molecule has 2 amide bonds. The molecule has 0 saturated heterocycles. The number of hydrogen-bond acceptors (Lipinski definition) is 6. The van der Waals surface area contributed by atoms with Crippen LogP contribution in [0.4, 0.5) is 5.69 Å². The van der Waals surface area contributed by atoms with Gasteiger partial charge in [0.05, 0.1) is 31.7 Å². The highest BCUT2D eigenvalue weighted by molar-refractivity contribution is 6.39. The second-order valence-corrected chi connectivity index (χ2v) is 6.07. The standard InChI is InChI=1S/C22H27N3O5/c1-4-13-30-19-12-11-16(14-20(19)29-6-3)15-23-25-22(27)21(26)24-17-9-7-8-10-18(17)28-5-2/h7-12,14-15H,4-6,13H2,1-3H3,(H,24,26)(H,25,27)/b23-15-. The van der Waals surface area contributed by atoms with E-state index in [1.54, 1.807) is 42.5 Å². The highest BCUT2D eigenvalue weighted by Gasteiger charge is 2.15. The maximum Gasteiger partial charge on any atom is 0.329 e. The van der Waals surface area contributed by atoms with Crippen LogP contribution in [0.25, 0.3) is 0 Å². The Morgan fingerprint density at radius 2 is 1.63 bits per heavy atom. The Morgan fingerprint density at radius 3 is 2.37 bits per heavy atom. The molecule has 0 aliphatic rings. The Morgan fingerprint density at radius 1 is 0.900 bits per heavy atom. The summed E-state index contributed by atoms with van der Waals surface area (Å²) in [4.78, 5) is 24.1. The van der Waals surface area contributed by atoms with Gasteiger partial charge < -0.3 is 19.5 Å². The minimum absolute atomic E-state index is 0.410. The quantitative estimate of drug-likeness (QED) is 0.354. The van der Waals surface area contributed by atoms with E-state index in [0.29, 0.717) is 48.3 Å². The van der Waals surface area contributed by atoms with Crippen molar-refractivity contribution >= 4 is 23.7 Å². The number of benzene rings is 2. The zero-order chi connectivity index (χ0) is 21.8. The Hall–Kier alpha value is -3.55. The van der Waals surface area contributed by atoms with Crippen LogP contribution in [0.5, 0.6) is 17.2 Å². The van der Waals surface area contributed by atoms with Crippen LogP contribution in [-0.4, -0.2) is 37.8 Å². The molecule has 8 nitrogen and oxygen atoms in total. The molecule has 2 aromatic rings. The molecule has 2 N–H and O–H groups in total. The third kappa shape index (κ3) is 6.80. The van der Waals surface area contributed by atoms with E-state index in [1.165, 1.54) is 6.21 Å². The van der Waals surface area contributed by atoms with Gasteiger partial charge in [-0.1, -0.05) is 19.1 Å². The molecule has 0 aliphatic heterocycles. The lowest BCUT2D eigenvalue weighted by atomic mass is 10.2. The Bertz CT molecular complexity index is 883. The van der Waals surface area contributed by atoms with E-state index in [9.17, 15) is 9.59 Å². The van der Waals surface area contributed by atoms with Crippen molar-refractivity contribution in [3.63, 3.8) is 0 Å². The molecular weight excluding hydrogens is 386 g/mol. The molecular formula is C22H27N3O5. The van der Waals surface area contributed by atoms with Crippen molar-refractivity contribution in [3.05, 3.63) is 48.0 Å². The summed E-state index contributed by atoms with van der Waals surface area (Å²) in [5.41, 5.74) is 3.30. The highest BCUT2D eigenvalue weighted by Crippen LogP contribution is 2.28. The number of nitrogens with zero attached hydrogens (tertiary/aromatic N) is 1. The van der Waals surface area contributed by atoms with Gasteiger partial charge in [-0.05, 0) is 56.2 Å². The van der Waals surface area contributed by atoms with Crippen molar-refractivity contribution in [2.75, 3.05) is 25.1 Å². The average molecular weight is 413 g/mol. The number of hydrogen-bond donors (Lipinski definition) is 2. The number of anilines is 1. The second kappa shape index (κ2) is 12.1. The van der Waals surface area contributed by atoms with Gasteiger partial charge in [-0.15, -0.1) is 0 Å². The number of rotatable bonds is 10. The summed E-state index contributed by atoms with van der Waals surface area (Å²) in [6.45, 7) is 7.26. The van der Waals surface area contributed by atoms with Gasteiger partial charge in [0.25, 0.3) is 0 Å². The SMILES string of the molecule is CCCOc1ccc(/C=N\NC(=O)C(=O)Nc2ccccc2OCC)cc1OCC. The summed E-state index contributed by atoms with van der Waals surface area (Å²) >= 11 is 0. The molecule has 0 fully saturated rings. The molecule has 0 aliphatic carbocycles. The lowest BCUT2D eigenvalue weighted by Gasteiger charge is -2.12. The van der Waals surface area contributed by atoms with Gasteiger partial charge in [-0.2, -0.15) is 5.10 Å². The van der Waals surface area contributed by atoms with E-state index in [-0.39, 0.29) is 0 Å². The first-order chi connectivity index (χ1) is 14.6. The van der Waals surface area contributed by atoms with Crippen LogP contribution in [0.2, 0.25) is 0 Å². The second-order valence-electron chi connectivity index (χ2n) is 6.07. The number of amides is 2. The molecule has 30 heavy (non-hydrogen) atoms. The number of carbonyl (C=O) groups is 2. The lowest BCUT2D eigenvalue weighted by molar-refractivity contribution is -0.136. The number of ether oxygens (including phenoxy) is 3. The van der Waals surface area contributed by atoms with Crippen LogP contribution in [0, 0.1) is 0 Å². The van der Waals surface area contributed by atoms with E-state index in [2.05, 4.69) is 15.8 Å². The summed E-state index contributed by atoms with van der Waals surface area (Å²) < 4.78 is 16.7. The molecule has 0 heterocycles. The lowest BCUT2D eigenvalue weighted by Crippen LogP contribution is -2.32. The smallest absolute Gasteiger partial charge is 0.329 e. The summed E-state index contributed by atoms with van der Waals surface area (Å²) in [6.07, 6.45) is 2.31. The predicted molar refractivity (Wildman–Crippen MR) is 115 cm³/mol. The first-order valence-corrected chi connectivity index (χ1v) is 9.84. The van der Waals surface area contributed by atoms with Gasteiger partial charge in [-0.3, -0.25) is 9.59 Å². The van der Waals surface area contributed by atoms with Crippen LogP contribution in [0.1, 0.15) is 32.8 Å². The molecule has 0 aromatic heterocycles. The number of para-hydroxylation sites is 2. The fourth-order valence-electron chi connectivity index (χ4n) is 2.45. The number of carbonyl (C=O) groups excluding carboxylic acids is 2. The fraction of sp³-hybridized carbons (Fsp3) is 0.318. The van der Waals surface area contributed by atoms with Crippen molar-refractivity contribution in [1.29, 1.82) is 0 Å². The molecule has 0 spiro atoms. The van der Waals surface area contributed by atoms with Gasteiger partial charge in [0.1, 0.15) is 5.75 Å². The van der Waals surface area contributed by atoms with Crippen molar-refractivity contribution in [1.82, 2.24) is 5.43 Å². The zero-order valence-corrected chi connectivity index (χ0v) is 17.4. The van der Waals surface area contributed by atoms with Gasteiger partial charge in [0.15, 0.2) is 11.5 Å². The molecule has 2 rings (SSSR count). The summed E-state index contributed by atoms with van der Waals surface area (Å²) in [6, 6.07) is 12.2. The summed E-state index contributed by atoms with van der Waals surface area (Å²) in [5, 5.41) is 6.35. The van der Waals surface area contributed by atoms with E-state index in [0.717, 1.165) is 6.42 Å². The molecule has 0 unspecified atom stereocenters. The third-order valence-electron chi connectivity index (χ3n) is 3.75. The minimum Gasteiger partial charge on any atom is -0.492 e. The van der Waals surface area contributed by atoms with Crippen molar-refractivity contribution in [3.8, 4) is 17.2 Å². The van der Waals surface area contributed by atoms with E-state index in [1.807, 2.05) is 20.8 Å². The average Bonchev–Trinajstić information content (AvgIpc) is 2.75. The minimum atomic E-state index is -0.898. The summed E-state index contributed by atoms with van der Waals surface area (Å²) in [7, 11) is 0. The van der Waals surface area contributed by atoms with E-state index in [4.69, 9.17) is 14.2 Å². The molecule has 0 bridgehead atoms. The molecule has 2 aromatic carbocycles. The predicted octanol–water partition coefficient (Wildman–Crippen LogP) is 3.36. The monoisotopic (exact) mass is 413 g/mol. The van der Waals surface area contributed by atoms with Gasteiger partial charge in [-0.25, -0.2) is 5.43 Å². The van der Waals surface area contributed by atoms with Crippen LogP contribution in [-0.2, 0) is 9.59 Å². The Labute approximate surface area is 176 Å². The molecule has 0 saturated carbocycles. The highest BCUT2D eigenvalue weighted by atomic mass is 16.5. The van der Waals surface area contributed by atoms with E-state index < -0.39 is 11.8 Å². The van der Waals surface area contributed by atoms with Crippen molar-refractivity contribution < 1.29 is 23.8 Å². The summed E-state index contributed by atoms with van der Waals surface area (Å²) in [5.74, 6) is -0.0275. The Kier molecular flexibility index (Phi) is 9.18. The maximum absolute atomic E-state index is 12.1. The first kappa shape index (κ1) is 22.7. The first-order valence-electron chi connectivity index (χ1n) is 9.84. The molecule has 8 heteroatoms. The van der Waals surface area contributed by atoms with Crippen LogP contribution < -0.4 is 25.0 Å². The zero-order valence-electron chi connectivity index (χ0n) is 17.4. The van der Waals surface area contributed by atoms with Crippen molar-refractivity contribution in [2.24, 2.45) is 5.10 Å². The maximum atomic E-state index is 12.1. The van der Waals surface area contributed by atoms with E-state index >= 15 is 0 Å². The third-order valence-corrected chi connectivity index (χ3v) is 3.75. The largest absolute Gasteiger partial charge is 0.492 e. The number of hydrazone groups is 1. The molecule has 160 valence electrons. The van der Waals surface area contributed by atoms with Gasteiger partial charge >= 0.3 is 11.8 Å². The normalized spacial score (nSPS) is 10.5. The van der Waals surface area contributed by atoms with Crippen LogP contribution >= 0.6 is 0 Å². The van der Waals surface area contributed by atoms with Crippen molar-refractivity contribution in [2.45, 2.75) is 27.2 Å². The Balaban J connectivity index is 1.98. The van der Waals surface area contributed by atoms with Crippen LogP contribution in [0.3, 0.4) is 0 Å². The van der Waals surface area contributed by atoms with Gasteiger partial charge in [0.2, 0.25) is 0 Å². The van der Waals surface area contributed by atoms with Gasteiger partial charge in [0, 0.05) is 0 Å². The topological polar surface area (TPSA) is 98.2 Å². The molecule has 0 radical (unpaired) electrons. The van der Waals surface area contributed by atoms with Crippen LogP contribution in [0.15, 0.2) is 47.6 Å². The number of nitrogens with one attached hydrogen (secondary N) is 2. The fourth-order valence-corrected chi connectivity index (χ4v) is 2.45. The molecule has 0 atom stereocenters.